The Morgan fingerprint density at radius 2 is 1.93 bits per heavy atom. The molecule has 0 saturated carbocycles. The number of carbonyl (C=O) groups excluding carboxylic acids is 3. The second kappa shape index (κ2) is 5.79. The van der Waals surface area contributed by atoms with Crippen LogP contribution in [0.15, 0.2) is 12.7 Å². The number of carbonyl (C=O) groups is 3. The Morgan fingerprint density at radius 1 is 1.40 bits per heavy atom. The van der Waals surface area contributed by atoms with Crippen molar-refractivity contribution in [2.75, 3.05) is 0 Å². The monoisotopic (exact) mass is 214 g/mol. The van der Waals surface area contributed by atoms with Gasteiger partial charge in [-0.15, -0.1) is 0 Å². The Balaban J connectivity index is 4.48. The predicted molar refractivity (Wildman–Crippen MR) is 43.9 cm³/mol. The normalized spacial score (nSPS) is 13.7. The quantitative estimate of drug-likeness (QED) is 0.360. The van der Waals surface area contributed by atoms with Crippen molar-refractivity contribution in [3.05, 3.63) is 12.7 Å². The first-order valence-electron chi connectivity index (χ1n) is 4.12. The molecule has 0 amide bonds. The average molecular weight is 214 g/mol. The molecule has 84 valence electrons. The molecule has 0 heterocycles. The lowest BCUT2D eigenvalue weighted by Gasteiger charge is -2.24. The van der Waals surface area contributed by atoms with Crippen LogP contribution in [0.2, 0.25) is 0 Å². The van der Waals surface area contributed by atoms with Gasteiger partial charge in [0.15, 0.2) is 0 Å². The maximum Gasteiger partial charge on any atom is 0.330 e. The van der Waals surface area contributed by atoms with E-state index in [1.54, 1.807) is 0 Å². The van der Waals surface area contributed by atoms with Gasteiger partial charge < -0.3 is 24.5 Å². The van der Waals surface area contributed by atoms with Crippen LogP contribution in [0.1, 0.15) is 13.3 Å². The molecule has 0 aliphatic heterocycles. The maximum atomic E-state index is 10.7. The minimum atomic E-state index is -1.61. The molecular formula is C9H10O6-2. The predicted octanol–water partition coefficient (Wildman–Crippen LogP) is -2.39. The number of esters is 1. The Hall–Kier alpha value is -1.85. The summed E-state index contributed by atoms with van der Waals surface area (Å²) in [7, 11) is 0. The van der Waals surface area contributed by atoms with Gasteiger partial charge in [0, 0.05) is 23.9 Å². The second-order valence-corrected chi connectivity index (χ2v) is 2.85. The van der Waals surface area contributed by atoms with E-state index in [9.17, 15) is 24.6 Å². The fraction of sp³-hybridized carbons (Fsp3) is 0.444. The van der Waals surface area contributed by atoms with E-state index in [1.165, 1.54) is 6.92 Å². The number of carboxylic acid groups (broad SMARTS) is 2. The Morgan fingerprint density at radius 3 is 2.27 bits per heavy atom. The first-order valence-corrected chi connectivity index (χ1v) is 4.12. The van der Waals surface area contributed by atoms with Gasteiger partial charge in [0.2, 0.25) is 0 Å². The van der Waals surface area contributed by atoms with Crippen LogP contribution in [0.25, 0.3) is 0 Å². The van der Waals surface area contributed by atoms with Gasteiger partial charge in [0.05, 0.1) is 0 Å². The summed E-state index contributed by atoms with van der Waals surface area (Å²) in [6, 6.07) is 0. The molecule has 0 aliphatic carbocycles. The molecule has 0 saturated heterocycles. The van der Waals surface area contributed by atoms with Gasteiger partial charge >= 0.3 is 5.97 Å². The minimum absolute atomic E-state index is 0.770. The van der Waals surface area contributed by atoms with E-state index in [1.807, 2.05) is 0 Å². The molecule has 0 N–H and O–H groups in total. The van der Waals surface area contributed by atoms with E-state index in [4.69, 9.17) is 0 Å². The standard InChI is InChI=1S/C9H12O6/c1-3-8(12)15-5(2)6(9(13)14)4-7(10)11/h3,5-6H,1,4H2,2H3,(H,10,11)(H,13,14)/p-2. The zero-order valence-corrected chi connectivity index (χ0v) is 8.10. The van der Waals surface area contributed by atoms with Crippen molar-refractivity contribution in [3.63, 3.8) is 0 Å². The Labute approximate surface area is 86.2 Å². The molecule has 2 atom stereocenters. The molecule has 15 heavy (non-hydrogen) atoms. The van der Waals surface area contributed by atoms with Crippen LogP contribution >= 0.6 is 0 Å². The molecule has 2 unspecified atom stereocenters. The first kappa shape index (κ1) is 13.2. The Bertz CT molecular complexity index is 282. The van der Waals surface area contributed by atoms with Crippen LogP contribution in [0, 0.1) is 5.92 Å². The minimum Gasteiger partial charge on any atom is -0.550 e. The molecule has 0 bridgehead atoms. The summed E-state index contributed by atoms with van der Waals surface area (Å²) in [6.45, 7) is 4.37. The zero-order chi connectivity index (χ0) is 12.0. The highest BCUT2D eigenvalue weighted by Gasteiger charge is 2.21. The highest BCUT2D eigenvalue weighted by molar-refractivity contribution is 5.82. The van der Waals surface area contributed by atoms with Gasteiger partial charge in [0.25, 0.3) is 0 Å². The SMILES string of the molecule is C=CC(=O)OC(C)C(CC(=O)[O-])C(=O)[O-]. The molecular weight excluding hydrogens is 204 g/mol. The number of hydrogen-bond acceptors (Lipinski definition) is 6. The van der Waals surface area contributed by atoms with E-state index in [0.29, 0.717) is 0 Å². The molecule has 0 spiro atoms. The number of ether oxygens (including phenoxy) is 1. The number of aliphatic carboxylic acids is 2. The lowest BCUT2D eigenvalue weighted by Crippen LogP contribution is -2.42. The van der Waals surface area contributed by atoms with Gasteiger partial charge in [0.1, 0.15) is 6.10 Å². The van der Waals surface area contributed by atoms with E-state index in [-0.39, 0.29) is 0 Å². The zero-order valence-electron chi connectivity index (χ0n) is 8.10. The molecule has 0 aromatic carbocycles. The Kier molecular flexibility index (Phi) is 5.08. The summed E-state index contributed by atoms with van der Waals surface area (Å²) in [6.07, 6.45) is -1.03. The van der Waals surface area contributed by atoms with E-state index < -0.39 is 36.4 Å². The third-order valence-corrected chi connectivity index (χ3v) is 1.72. The lowest BCUT2D eigenvalue weighted by atomic mass is 10.00. The number of carboxylic acids is 2. The van der Waals surface area contributed by atoms with Crippen molar-refractivity contribution >= 4 is 17.9 Å². The largest absolute Gasteiger partial charge is 0.550 e. The molecule has 0 radical (unpaired) electrons. The van der Waals surface area contributed by atoms with Gasteiger partial charge in [-0.3, -0.25) is 0 Å². The summed E-state index contributed by atoms with van der Waals surface area (Å²) in [5.74, 6) is -5.42. The number of rotatable bonds is 6. The van der Waals surface area contributed by atoms with Crippen LogP contribution in [0.5, 0.6) is 0 Å². The first-order chi connectivity index (χ1) is 6.88. The molecule has 6 heteroatoms. The summed E-state index contributed by atoms with van der Waals surface area (Å²) in [4.78, 5) is 31.5. The summed E-state index contributed by atoms with van der Waals surface area (Å²) >= 11 is 0. The van der Waals surface area contributed by atoms with Crippen LogP contribution in [0.4, 0.5) is 0 Å². The van der Waals surface area contributed by atoms with Crippen LogP contribution in [0.3, 0.4) is 0 Å². The van der Waals surface area contributed by atoms with Crippen LogP contribution in [-0.2, 0) is 19.1 Å². The summed E-state index contributed by atoms with van der Waals surface area (Å²) in [5.41, 5.74) is 0. The average Bonchev–Trinajstić information content (AvgIpc) is 2.12. The number of hydrogen-bond donors (Lipinski definition) is 0. The van der Waals surface area contributed by atoms with Crippen molar-refractivity contribution < 1.29 is 29.3 Å². The van der Waals surface area contributed by atoms with Crippen LogP contribution in [-0.4, -0.2) is 24.0 Å². The van der Waals surface area contributed by atoms with Crippen molar-refractivity contribution in [2.24, 2.45) is 5.92 Å². The van der Waals surface area contributed by atoms with E-state index in [2.05, 4.69) is 11.3 Å². The van der Waals surface area contributed by atoms with Gasteiger partial charge in [-0.25, -0.2) is 4.79 Å². The van der Waals surface area contributed by atoms with Gasteiger partial charge in [-0.2, -0.15) is 0 Å². The lowest BCUT2D eigenvalue weighted by molar-refractivity contribution is -0.323. The van der Waals surface area contributed by atoms with Gasteiger partial charge in [-0.05, 0) is 13.3 Å². The molecule has 0 aliphatic rings. The molecule has 0 aromatic heterocycles. The molecule has 0 fully saturated rings. The summed E-state index contributed by atoms with van der Waals surface area (Å²) < 4.78 is 4.55. The smallest absolute Gasteiger partial charge is 0.330 e. The van der Waals surface area contributed by atoms with E-state index >= 15 is 0 Å². The molecule has 0 aromatic rings. The third kappa shape index (κ3) is 4.80. The van der Waals surface area contributed by atoms with Crippen molar-refractivity contribution in [1.29, 1.82) is 0 Å². The topological polar surface area (TPSA) is 107 Å². The third-order valence-electron chi connectivity index (χ3n) is 1.72. The highest BCUT2D eigenvalue weighted by atomic mass is 16.5. The van der Waals surface area contributed by atoms with E-state index in [0.717, 1.165) is 6.08 Å². The van der Waals surface area contributed by atoms with Crippen molar-refractivity contribution in [1.82, 2.24) is 0 Å². The second-order valence-electron chi connectivity index (χ2n) is 2.85. The molecule has 0 rings (SSSR count). The summed E-state index contributed by atoms with van der Waals surface area (Å²) in [5, 5.41) is 20.7. The van der Waals surface area contributed by atoms with Gasteiger partial charge in [-0.1, -0.05) is 6.58 Å². The van der Waals surface area contributed by atoms with Crippen molar-refractivity contribution in [3.8, 4) is 0 Å². The maximum absolute atomic E-state index is 10.7. The van der Waals surface area contributed by atoms with Crippen molar-refractivity contribution in [2.45, 2.75) is 19.4 Å². The fourth-order valence-corrected chi connectivity index (χ4v) is 0.934. The molecule has 6 nitrogen and oxygen atoms in total. The fourth-order valence-electron chi connectivity index (χ4n) is 0.934. The van der Waals surface area contributed by atoms with Crippen LogP contribution < -0.4 is 10.2 Å². The highest BCUT2D eigenvalue weighted by Crippen LogP contribution is 2.11.